The third kappa shape index (κ3) is 4.70. The Morgan fingerprint density at radius 2 is 1.65 bits per heavy atom. The summed E-state index contributed by atoms with van der Waals surface area (Å²) in [6.07, 6.45) is 0. The van der Waals surface area contributed by atoms with Crippen LogP contribution >= 0.6 is 11.6 Å². The summed E-state index contributed by atoms with van der Waals surface area (Å²) in [5.41, 5.74) is 1.89. The van der Waals surface area contributed by atoms with Crippen LogP contribution < -0.4 is 15.0 Å². The van der Waals surface area contributed by atoms with Gasteiger partial charge in [-0.1, -0.05) is 37.6 Å². The highest BCUT2D eigenvalue weighted by molar-refractivity contribution is 6.53. The minimum absolute atomic E-state index is 0.114. The number of nitrogens with zero attached hydrogens (tertiary/aromatic N) is 1. The maximum Gasteiger partial charge on any atom is 0.343 e. The molecule has 3 aromatic rings. The number of hydrogen-bond acceptors (Lipinski definition) is 5. The van der Waals surface area contributed by atoms with Crippen molar-refractivity contribution < 1.29 is 23.5 Å². The van der Waals surface area contributed by atoms with Crippen LogP contribution in [0.4, 0.5) is 15.8 Å². The Kier molecular flexibility index (Phi) is 6.47. The molecule has 0 fully saturated rings. The summed E-state index contributed by atoms with van der Waals surface area (Å²) in [7, 11) is 0. The molecule has 6 nitrogen and oxygen atoms in total. The van der Waals surface area contributed by atoms with Gasteiger partial charge in [0.25, 0.3) is 11.8 Å². The second-order valence-electron chi connectivity index (χ2n) is 7.93. The van der Waals surface area contributed by atoms with Crippen LogP contribution in [0.5, 0.6) is 5.75 Å². The minimum atomic E-state index is -0.718. The van der Waals surface area contributed by atoms with E-state index in [4.69, 9.17) is 16.3 Å². The predicted molar refractivity (Wildman–Crippen MR) is 127 cm³/mol. The number of imide groups is 1. The maximum atomic E-state index is 13.2. The zero-order valence-corrected chi connectivity index (χ0v) is 19.1. The molecular weight excluding hydrogens is 459 g/mol. The van der Waals surface area contributed by atoms with E-state index in [1.54, 1.807) is 18.2 Å². The number of nitrogens with one attached hydrogen (secondary N) is 1. The molecule has 0 aromatic heterocycles. The Morgan fingerprint density at radius 3 is 2.29 bits per heavy atom. The molecular formula is C26H20ClFN2O4. The van der Waals surface area contributed by atoms with E-state index in [1.165, 1.54) is 24.3 Å². The second-order valence-corrected chi connectivity index (χ2v) is 8.31. The Morgan fingerprint density at radius 1 is 0.971 bits per heavy atom. The number of amides is 2. The largest absolute Gasteiger partial charge is 0.423 e. The Hall–Kier alpha value is -3.97. The number of hydrogen-bond donors (Lipinski definition) is 1. The van der Waals surface area contributed by atoms with Crippen molar-refractivity contribution in [2.75, 3.05) is 10.2 Å². The third-order valence-corrected chi connectivity index (χ3v) is 5.59. The van der Waals surface area contributed by atoms with Gasteiger partial charge in [-0.2, -0.15) is 0 Å². The molecule has 0 radical (unpaired) electrons. The third-order valence-electron chi connectivity index (χ3n) is 5.24. The highest BCUT2D eigenvalue weighted by atomic mass is 35.5. The van der Waals surface area contributed by atoms with Crippen LogP contribution in [0.2, 0.25) is 0 Å². The molecule has 0 aliphatic carbocycles. The van der Waals surface area contributed by atoms with Crippen molar-refractivity contribution in [2.45, 2.75) is 19.8 Å². The molecule has 172 valence electrons. The molecule has 3 aromatic carbocycles. The van der Waals surface area contributed by atoms with Gasteiger partial charge < -0.3 is 10.1 Å². The first-order chi connectivity index (χ1) is 16.2. The summed E-state index contributed by atoms with van der Waals surface area (Å²) in [5, 5.41) is 2.54. The summed E-state index contributed by atoms with van der Waals surface area (Å²) in [5.74, 6) is -1.66. The monoisotopic (exact) mass is 478 g/mol. The fourth-order valence-corrected chi connectivity index (χ4v) is 3.59. The molecule has 1 N–H and O–H groups in total. The lowest BCUT2D eigenvalue weighted by Gasteiger charge is -2.15. The Labute approximate surface area is 200 Å². The van der Waals surface area contributed by atoms with Gasteiger partial charge in [0.05, 0.1) is 11.3 Å². The zero-order valence-electron chi connectivity index (χ0n) is 18.3. The van der Waals surface area contributed by atoms with Crippen molar-refractivity contribution in [3.05, 3.63) is 100 Å². The molecule has 8 heteroatoms. The fraction of sp³-hybridized carbons (Fsp3) is 0.115. The Bertz CT molecular complexity index is 1300. The van der Waals surface area contributed by atoms with Crippen LogP contribution in [-0.4, -0.2) is 17.8 Å². The van der Waals surface area contributed by atoms with E-state index in [2.05, 4.69) is 19.2 Å². The molecule has 0 saturated carbocycles. The molecule has 0 spiro atoms. The van der Waals surface area contributed by atoms with E-state index in [9.17, 15) is 18.8 Å². The summed E-state index contributed by atoms with van der Waals surface area (Å²) >= 11 is 6.11. The first-order valence-corrected chi connectivity index (χ1v) is 10.9. The van der Waals surface area contributed by atoms with Gasteiger partial charge in [-0.15, -0.1) is 0 Å². The molecule has 0 saturated heterocycles. The van der Waals surface area contributed by atoms with Crippen LogP contribution in [0, 0.1) is 5.82 Å². The van der Waals surface area contributed by atoms with Crippen LogP contribution in [0.15, 0.2) is 83.5 Å². The SMILES string of the molecule is CC(C)c1cccc(OC(=O)c2ccc(NC3=C(Cl)C(=O)N(c4ccc(F)cc4)C3=O)cc2)c1. The van der Waals surface area contributed by atoms with Crippen molar-refractivity contribution in [1.29, 1.82) is 0 Å². The number of carbonyl (C=O) groups is 3. The molecule has 1 heterocycles. The summed E-state index contributed by atoms with van der Waals surface area (Å²) in [6.45, 7) is 4.10. The van der Waals surface area contributed by atoms with E-state index >= 15 is 0 Å². The van der Waals surface area contributed by atoms with Gasteiger partial charge in [0.1, 0.15) is 22.3 Å². The number of esters is 1. The number of anilines is 2. The van der Waals surface area contributed by atoms with Crippen LogP contribution in [0.3, 0.4) is 0 Å². The van der Waals surface area contributed by atoms with E-state index < -0.39 is 23.6 Å². The normalized spacial score (nSPS) is 13.6. The van der Waals surface area contributed by atoms with Gasteiger partial charge in [0.2, 0.25) is 0 Å². The zero-order chi connectivity index (χ0) is 24.4. The maximum absolute atomic E-state index is 13.2. The van der Waals surface area contributed by atoms with Crippen LogP contribution in [-0.2, 0) is 9.59 Å². The summed E-state index contributed by atoms with van der Waals surface area (Å²) in [6, 6.07) is 18.4. The van der Waals surface area contributed by atoms with Gasteiger partial charge in [-0.05, 0) is 72.1 Å². The predicted octanol–water partition coefficient (Wildman–Crippen LogP) is 5.60. The van der Waals surface area contributed by atoms with Crippen LogP contribution in [0.25, 0.3) is 0 Å². The second kappa shape index (κ2) is 9.49. The molecule has 0 atom stereocenters. The van der Waals surface area contributed by atoms with Crippen molar-refractivity contribution in [3.8, 4) is 5.75 Å². The lowest BCUT2D eigenvalue weighted by molar-refractivity contribution is -0.120. The smallest absolute Gasteiger partial charge is 0.343 e. The topological polar surface area (TPSA) is 75.7 Å². The van der Waals surface area contributed by atoms with Crippen molar-refractivity contribution in [3.63, 3.8) is 0 Å². The van der Waals surface area contributed by atoms with Gasteiger partial charge in [-0.25, -0.2) is 14.1 Å². The lowest BCUT2D eigenvalue weighted by atomic mass is 10.0. The molecule has 1 aliphatic heterocycles. The number of carbonyl (C=O) groups excluding carboxylic acids is 3. The highest BCUT2D eigenvalue weighted by Crippen LogP contribution is 2.30. The van der Waals surface area contributed by atoms with E-state index in [0.717, 1.165) is 22.6 Å². The number of ether oxygens (including phenoxy) is 1. The van der Waals surface area contributed by atoms with Crippen molar-refractivity contribution >= 4 is 40.8 Å². The first-order valence-electron chi connectivity index (χ1n) is 10.5. The number of benzene rings is 3. The van der Waals surface area contributed by atoms with Crippen LogP contribution in [0.1, 0.15) is 35.7 Å². The number of rotatable bonds is 6. The quantitative estimate of drug-likeness (QED) is 0.283. The van der Waals surface area contributed by atoms with E-state index in [-0.39, 0.29) is 16.4 Å². The standard InChI is InChI=1S/C26H20ClFN2O4/c1-15(2)17-4-3-5-21(14-17)34-26(33)16-6-10-19(11-7-16)29-23-22(27)24(31)30(25(23)32)20-12-8-18(28)9-13-20/h3-15,29H,1-2H3. The number of halogens is 2. The lowest BCUT2D eigenvalue weighted by Crippen LogP contribution is -2.32. The average molecular weight is 479 g/mol. The fourth-order valence-electron chi connectivity index (χ4n) is 3.37. The van der Waals surface area contributed by atoms with Crippen molar-refractivity contribution in [1.82, 2.24) is 0 Å². The summed E-state index contributed by atoms with van der Waals surface area (Å²) in [4.78, 5) is 38.7. The molecule has 0 bridgehead atoms. The van der Waals surface area contributed by atoms with Gasteiger partial charge >= 0.3 is 5.97 Å². The molecule has 34 heavy (non-hydrogen) atoms. The van der Waals surface area contributed by atoms with E-state index in [1.807, 2.05) is 18.2 Å². The highest BCUT2D eigenvalue weighted by Gasteiger charge is 2.38. The molecule has 1 aliphatic rings. The van der Waals surface area contributed by atoms with Crippen molar-refractivity contribution in [2.24, 2.45) is 0 Å². The van der Waals surface area contributed by atoms with Gasteiger partial charge in [0, 0.05) is 5.69 Å². The minimum Gasteiger partial charge on any atom is -0.423 e. The Balaban J connectivity index is 1.46. The first kappa shape index (κ1) is 23.2. The summed E-state index contributed by atoms with van der Waals surface area (Å²) < 4.78 is 18.7. The average Bonchev–Trinajstić information content (AvgIpc) is 3.03. The molecule has 0 unspecified atom stereocenters. The van der Waals surface area contributed by atoms with E-state index in [0.29, 0.717) is 22.9 Å². The van der Waals surface area contributed by atoms with Gasteiger partial charge in [-0.3, -0.25) is 9.59 Å². The molecule has 2 amide bonds. The van der Waals surface area contributed by atoms with Gasteiger partial charge in [0.15, 0.2) is 0 Å². The molecule has 4 rings (SSSR count).